The number of fused-ring (bicyclic) bond motifs is 1. The van der Waals surface area contributed by atoms with E-state index in [9.17, 15) is 4.79 Å². The molecule has 0 spiro atoms. The van der Waals surface area contributed by atoms with E-state index in [1.807, 2.05) is 17.5 Å². The van der Waals surface area contributed by atoms with Crippen LogP contribution in [0.4, 0.5) is 5.13 Å². The van der Waals surface area contributed by atoms with E-state index in [1.54, 1.807) is 0 Å². The smallest absolute Gasteiger partial charge is 0.227 e. The minimum Gasteiger partial charge on any atom is -0.493 e. The van der Waals surface area contributed by atoms with Crippen LogP contribution < -0.4 is 15.4 Å². The van der Waals surface area contributed by atoms with Crippen LogP contribution in [0.25, 0.3) is 11.3 Å². The average molecular weight is 329 g/mol. The van der Waals surface area contributed by atoms with Crippen molar-refractivity contribution in [1.82, 2.24) is 10.3 Å². The first kappa shape index (κ1) is 14.7. The van der Waals surface area contributed by atoms with Crippen LogP contribution in [0.2, 0.25) is 0 Å². The van der Waals surface area contributed by atoms with Gasteiger partial charge in [0.1, 0.15) is 5.75 Å². The second-order valence-corrected chi connectivity index (χ2v) is 6.86. The van der Waals surface area contributed by atoms with Gasteiger partial charge in [-0.15, -0.1) is 11.3 Å². The summed E-state index contributed by atoms with van der Waals surface area (Å²) >= 11 is 1.47. The van der Waals surface area contributed by atoms with Gasteiger partial charge >= 0.3 is 0 Å². The summed E-state index contributed by atoms with van der Waals surface area (Å²) in [6.45, 7) is 1.77. The van der Waals surface area contributed by atoms with Crippen molar-refractivity contribution in [2.75, 3.05) is 18.5 Å². The molecule has 0 saturated carbocycles. The Morgan fingerprint density at radius 1 is 1.48 bits per heavy atom. The molecule has 1 atom stereocenters. The van der Waals surface area contributed by atoms with Gasteiger partial charge in [-0.25, -0.2) is 4.98 Å². The van der Waals surface area contributed by atoms with E-state index in [0.29, 0.717) is 17.6 Å². The molecule has 2 aliphatic rings. The maximum Gasteiger partial charge on any atom is 0.227 e. The second-order valence-electron chi connectivity index (χ2n) is 6.00. The minimum atomic E-state index is 0.0349. The normalized spacial score (nSPS) is 19.4. The number of hydrogen-bond acceptors (Lipinski definition) is 5. The molecule has 3 heterocycles. The fourth-order valence-corrected chi connectivity index (χ4v) is 3.87. The van der Waals surface area contributed by atoms with E-state index in [1.165, 1.54) is 16.9 Å². The van der Waals surface area contributed by atoms with E-state index in [0.717, 1.165) is 49.4 Å². The Morgan fingerprint density at radius 2 is 2.43 bits per heavy atom. The zero-order valence-corrected chi connectivity index (χ0v) is 13.6. The summed E-state index contributed by atoms with van der Waals surface area (Å²) < 4.78 is 5.53. The monoisotopic (exact) mass is 329 g/mol. The zero-order valence-electron chi connectivity index (χ0n) is 12.8. The first-order valence-corrected chi connectivity index (χ1v) is 8.91. The van der Waals surface area contributed by atoms with Gasteiger partial charge in [0, 0.05) is 29.8 Å². The number of aromatic nitrogens is 1. The molecule has 1 aromatic heterocycles. The van der Waals surface area contributed by atoms with Crippen LogP contribution >= 0.6 is 11.3 Å². The van der Waals surface area contributed by atoms with Gasteiger partial charge in [0.05, 0.1) is 12.3 Å². The van der Waals surface area contributed by atoms with Crippen molar-refractivity contribution in [3.05, 3.63) is 29.1 Å². The van der Waals surface area contributed by atoms with Gasteiger partial charge in [0.15, 0.2) is 5.13 Å². The highest BCUT2D eigenvalue weighted by Gasteiger charge is 2.19. The molecule has 23 heavy (non-hydrogen) atoms. The Labute approximate surface area is 139 Å². The summed E-state index contributed by atoms with van der Waals surface area (Å²) in [6, 6.07) is 6.46. The molecule has 1 fully saturated rings. The van der Waals surface area contributed by atoms with E-state index >= 15 is 0 Å². The number of benzene rings is 1. The van der Waals surface area contributed by atoms with Crippen LogP contribution in [0.3, 0.4) is 0 Å². The molecule has 6 heteroatoms. The standard InChI is InChI=1S/C17H19N3O2S/c21-16(9-13-2-1-6-18-13)20-17-19-14(10-23-17)11-3-4-15-12(8-11)5-7-22-15/h3-4,8,10,13,18H,1-2,5-7,9H2,(H,19,20,21). The molecular weight excluding hydrogens is 310 g/mol. The molecule has 1 unspecified atom stereocenters. The maximum atomic E-state index is 12.1. The highest BCUT2D eigenvalue weighted by atomic mass is 32.1. The van der Waals surface area contributed by atoms with Crippen molar-refractivity contribution in [3.8, 4) is 17.0 Å². The molecule has 0 bridgehead atoms. The molecule has 1 aromatic carbocycles. The number of rotatable bonds is 4. The number of carbonyl (C=O) groups is 1. The number of anilines is 1. The Morgan fingerprint density at radius 3 is 3.30 bits per heavy atom. The van der Waals surface area contributed by atoms with E-state index in [-0.39, 0.29) is 5.91 Å². The zero-order chi connectivity index (χ0) is 15.6. The third kappa shape index (κ3) is 3.23. The number of nitrogens with zero attached hydrogens (tertiary/aromatic N) is 1. The van der Waals surface area contributed by atoms with E-state index < -0.39 is 0 Å². The van der Waals surface area contributed by atoms with Crippen LogP contribution in [-0.4, -0.2) is 30.1 Å². The van der Waals surface area contributed by atoms with Crippen LogP contribution in [0.15, 0.2) is 23.6 Å². The average Bonchev–Trinajstić information content (AvgIpc) is 3.27. The summed E-state index contributed by atoms with van der Waals surface area (Å²) in [5.74, 6) is 1.01. The highest BCUT2D eigenvalue weighted by Crippen LogP contribution is 2.32. The molecule has 2 aliphatic heterocycles. The summed E-state index contributed by atoms with van der Waals surface area (Å²) in [5, 5.41) is 8.91. The van der Waals surface area contributed by atoms with Crippen molar-refractivity contribution in [2.24, 2.45) is 0 Å². The Hall–Kier alpha value is -1.92. The van der Waals surface area contributed by atoms with Gasteiger partial charge in [-0.05, 0) is 43.1 Å². The van der Waals surface area contributed by atoms with Crippen LogP contribution in [0, 0.1) is 0 Å². The lowest BCUT2D eigenvalue weighted by atomic mass is 10.1. The topological polar surface area (TPSA) is 63.2 Å². The lowest BCUT2D eigenvalue weighted by molar-refractivity contribution is -0.116. The molecule has 1 saturated heterocycles. The first-order valence-electron chi connectivity index (χ1n) is 8.03. The summed E-state index contributed by atoms with van der Waals surface area (Å²) in [6.07, 6.45) is 3.70. The summed E-state index contributed by atoms with van der Waals surface area (Å²) in [4.78, 5) is 16.6. The highest BCUT2D eigenvalue weighted by molar-refractivity contribution is 7.14. The largest absolute Gasteiger partial charge is 0.493 e. The third-order valence-electron chi connectivity index (χ3n) is 4.33. The number of carbonyl (C=O) groups excluding carboxylic acids is 1. The van der Waals surface area contributed by atoms with Crippen LogP contribution in [0.5, 0.6) is 5.75 Å². The summed E-state index contributed by atoms with van der Waals surface area (Å²) in [7, 11) is 0. The number of thiazole rings is 1. The van der Waals surface area contributed by atoms with Crippen molar-refractivity contribution in [3.63, 3.8) is 0 Å². The lowest BCUT2D eigenvalue weighted by Crippen LogP contribution is -2.27. The maximum absolute atomic E-state index is 12.1. The molecular formula is C17H19N3O2S. The van der Waals surface area contributed by atoms with Gasteiger partial charge in [-0.3, -0.25) is 4.79 Å². The molecule has 120 valence electrons. The first-order chi connectivity index (χ1) is 11.3. The van der Waals surface area contributed by atoms with Gasteiger partial charge < -0.3 is 15.4 Å². The minimum absolute atomic E-state index is 0.0349. The molecule has 2 aromatic rings. The fraction of sp³-hybridized carbons (Fsp3) is 0.412. The predicted molar refractivity (Wildman–Crippen MR) is 91.0 cm³/mol. The third-order valence-corrected chi connectivity index (χ3v) is 5.09. The van der Waals surface area contributed by atoms with E-state index in [2.05, 4.69) is 21.7 Å². The molecule has 5 nitrogen and oxygen atoms in total. The fourth-order valence-electron chi connectivity index (χ4n) is 3.13. The van der Waals surface area contributed by atoms with Crippen molar-refractivity contribution in [1.29, 1.82) is 0 Å². The molecule has 4 rings (SSSR count). The second kappa shape index (κ2) is 6.29. The number of hydrogen-bond donors (Lipinski definition) is 2. The quantitative estimate of drug-likeness (QED) is 0.905. The van der Waals surface area contributed by atoms with Gasteiger partial charge in [0.25, 0.3) is 0 Å². The van der Waals surface area contributed by atoms with Gasteiger partial charge in [-0.2, -0.15) is 0 Å². The van der Waals surface area contributed by atoms with Crippen LogP contribution in [0.1, 0.15) is 24.8 Å². The summed E-state index contributed by atoms with van der Waals surface area (Å²) in [5.41, 5.74) is 3.20. The Kier molecular flexibility index (Phi) is 4.01. The molecule has 1 amide bonds. The van der Waals surface area contributed by atoms with E-state index in [4.69, 9.17) is 4.74 Å². The van der Waals surface area contributed by atoms with Crippen molar-refractivity contribution < 1.29 is 9.53 Å². The number of nitrogens with one attached hydrogen (secondary N) is 2. The Bertz CT molecular complexity index is 722. The number of amides is 1. The SMILES string of the molecule is O=C(CC1CCCN1)Nc1nc(-c2ccc3c(c2)CCO3)cs1. The van der Waals surface area contributed by atoms with Gasteiger partial charge in [0.2, 0.25) is 5.91 Å². The van der Waals surface area contributed by atoms with Crippen molar-refractivity contribution in [2.45, 2.75) is 31.7 Å². The molecule has 0 radical (unpaired) electrons. The van der Waals surface area contributed by atoms with Crippen molar-refractivity contribution >= 4 is 22.4 Å². The molecule has 0 aliphatic carbocycles. The van der Waals surface area contributed by atoms with Gasteiger partial charge in [-0.1, -0.05) is 0 Å². The number of ether oxygens (including phenoxy) is 1. The lowest BCUT2D eigenvalue weighted by Gasteiger charge is -2.08. The predicted octanol–water partition coefficient (Wildman–Crippen LogP) is 2.83. The molecule has 2 N–H and O–H groups in total. The Balaban J connectivity index is 1.43. The van der Waals surface area contributed by atoms with Crippen LogP contribution in [-0.2, 0) is 11.2 Å².